The van der Waals surface area contributed by atoms with E-state index in [-0.39, 0.29) is 0 Å². The van der Waals surface area contributed by atoms with Crippen LogP contribution >= 0.6 is 11.3 Å². The Labute approximate surface area is 153 Å². The van der Waals surface area contributed by atoms with Crippen LogP contribution in [0.4, 0.5) is 11.4 Å². The first-order chi connectivity index (χ1) is 11.9. The molecule has 4 heteroatoms. The summed E-state index contributed by atoms with van der Waals surface area (Å²) in [6.45, 7) is 0. The summed E-state index contributed by atoms with van der Waals surface area (Å²) in [6, 6.07) is 20.2. The standard InChI is InChI=1S/C21H24N2OS/c1-22(2)18-11-7-16(8-12-18)21(24,20-6-5-15-25-20)17-9-13-19(14-10-17)23(3)4/h5-15,24H,1-4H3. The van der Waals surface area contributed by atoms with Crippen molar-refractivity contribution in [1.82, 2.24) is 0 Å². The smallest absolute Gasteiger partial charge is 0.149 e. The maximum atomic E-state index is 11.8. The van der Waals surface area contributed by atoms with E-state index in [1.807, 2.05) is 94.2 Å². The normalized spacial score (nSPS) is 11.4. The highest BCUT2D eigenvalue weighted by Crippen LogP contribution is 2.39. The van der Waals surface area contributed by atoms with Crippen LogP contribution in [0, 0.1) is 0 Å². The molecule has 3 aromatic rings. The van der Waals surface area contributed by atoms with E-state index in [1.165, 1.54) is 0 Å². The second-order valence-electron chi connectivity index (χ2n) is 6.57. The predicted octanol–water partition coefficient (Wildman–Crippen LogP) is 4.16. The summed E-state index contributed by atoms with van der Waals surface area (Å²) in [5, 5.41) is 13.8. The first kappa shape index (κ1) is 17.5. The summed E-state index contributed by atoms with van der Waals surface area (Å²) in [5.41, 5.74) is 2.82. The summed E-state index contributed by atoms with van der Waals surface area (Å²) in [7, 11) is 8.06. The van der Waals surface area contributed by atoms with Gasteiger partial charge < -0.3 is 14.9 Å². The Morgan fingerprint density at radius 2 is 1.16 bits per heavy atom. The molecule has 1 aromatic heterocycles. The van der Waals surface area contributed by atoms with Gasteiger partial charge in [0.1, 0.15) is 5.60 Å². The average molecular weight is 353 g/mol. The van der Waals surface area contributed by atoms with Crippen molar-refractivity contribution in [1.29, 1.82) is 0 Å². The molecule has 0 unspecified atom stereocenters. The highest BCUT2D eigenvalue weighted by Gasteiger charge is 2.34. The minimum absolute atomic E-state index is 0.873. The molecule has 0 aliphatic heterocycles. The van der Waals surface area contributed by atoms with E-state index in [0.29, 0.717) is 0 Å². The maximum absolute atomic E-state index is 11.8. The van der Waals surface area contributed by atoms with Crippen molar-refractivity contribution in [2.45, 2.75) is 5.60 Å². The highest BCUT2D eigenvalue weighted by molar-refractivity contribution is 7.10. The molecule has 0 spiro atoms. The van der Waals surface area contributed by atoms with E-state index in [2.05, 4.69) is 9.80 Å². The third-order valence-corrected chi connectivity index (χ3v) is 5.46. The van der Waals surface area contributed by atoms with Gasteiger partial charge in [0.2, 0.25) is 0 Å². The molecule has 0 saturated carbocycles. The van der Waals surface area contributed by atoms with Crippen LogP contribution < -0.4 is 9.80 Å². The van der Waals surface area contributed by atoms with Gasteiger partial charge in [-0.05, 0) is 46.8 Å². The molecule has 0 radical (unpaired) electrons. The summed E-state index contributed by atoms with van der Waals surface area (Å²) in [4.78, 5) is 5.03. The lowest BCUT2D eigenvalue weighted by molar-refractivity contribution is 0.129. The zero-order chi connectivity index (χ0) is 18.0. The highest BCUT2D eigenvalue weighted by atomic mass is 32.1. The van der Waals surface area contributed by atoms with Crippen molar-refractivity contribution in [3.63, 3.8) is 0 Å². The van der Waals surface area contributed by atoms with Crippen molar-refractivity contribution in [2.24, 2.45) is 0 Å². The van der Waals surface area contributed by atoms with E-state index in [4.69, 9.17) is 0 Å². The van der Waals surface area contributed by atoms with Gasteiger partial charge in [-0.3, -0.25) is 0 Å². The Balaban J connectivity index is 2.11. The number of aliphatic hydroxyl groups is 1. The van der Waals surface area contributed by atoms with Crippen LogP contribution in [0.25, 0.3) is 0 Å². The van der Waals surface area contributed by atoms with Gasteiger partial charge in [0.25, 0.3) is 0 Å². The maximum Gasteiger partial charge on any atom is 0.149 e. The molecule has 0 bridgehead atoms. The second-order valence-corrected chi connectivity index (χ2v) is 7.52. The van der Waals surface area contributed by atoms with Gasteiger partial charge in [-0.25, -0.2) is 0 Å². The largest absolute Gasteiger partial charge is 0.378 e. The van der Waals surface area contributed by atoms with Crippen LogP contribution in [0.2, 0.25) is 0 Å². The number of thiophene rings is 1. The Morgan fingerprint density at radius 1 is 0.720 bits per heavy atom. The van der Waals surface area contributed by atoms with Crippen molar-refractivity contribution >= 4 is 22.7 Å². The van der Waals surface area contributed by atoms with Gasteiger partial charge in [0.05, 0.1) is 0 Å². The second kappa shape index (κ2) is 6.90. The van der Waals surface area contributed by atoms with E-state index in [1.54, 1.807) is 11.3 Å². The molecular formula is C21H24N2OS. The fraction of sp³-hybridized carbons (Fsp3) is 0.238. The Kier molecular flexibility index (Phi) is 4.84. The van der Waals surface area contributed by atoms with Crippen molar-refractivity contribution in [2.75, 3.05) is 38.0 Å². The van der Waals surface area contributed by atoms with Gasteiger partial charge in [0.15, 0.2) is 0 Å². The summed E-state index contributed by atoms with van der Waals surface area (Å²) >= 11 is 1.57. The van der Waals surface area contributed by atoms with Crippen molar-refractivity contribution < 1.29 is 5.11 Å². The summed E-state index contributed by atoms with van der Waals surface area (Å²) in [6.07, 6.45) is 0. The fourth-order valence-corrected chi connectivity index (χ4v) is 3.80. The minimum Gasteiger partial charge on any atom is -0.378 e. The number of nitrogens with zero attached hydrogens (tertiary/aromatic N) is 2. The lowest BCUT2D eigenvalue weighted by Gasteiger charge is -2.29. The fourth-order valence-electron chi connectivity index (χ4n) is 2.94. The van der Waals surface area contributed by atoms with Crippen LogP contribution in [-0.2, 0) is 5.60 Å². The van der Waals surface area contributed by atoms with Crippen LogP contribution in [0.1, 0.15) is 16.0 Å². The van der Waals surface area contributed by atoms with Gasteiger partial charge >= 0.3 is 0 Å². The SMILES string of the molecule is CN(C)c1ccc(C(O)(c2ccc(N(C)C)cc2)c2cccs2)cc1. The van der Waals surface area contributed by atoms with Crippen LogP contribution in [0.15, 0.2) is 66.0 Å². The summed E-state index contributed by atoms with van der Waals surface area (Å²) < 4.78 is 0. The monoisotopic (exact) mass is 352 g/mol. The molecule has 0 aliphatic carbocycles. The number of hydrogen-bond donors (Lipinski definition) is 1. The molecule has 0 fully saturated rings. The van der Waals surface area contributed by atoms with Crippen LogP contribution in [-0.4, -0.2) is 33.3 Å². The van der Waals surface area contributed by atoms with Gasteiger partial charge in [-0.15, -0.1) is 11.3 Å². The lowest BCUT2D eigenvalue weighted by atomic mass is 9.84. The van der Waals surface area contributed by atoms with E-state index < -0.39 is 5.60 Å². The van der Waals surface area contributed by atoms with Gasteiger partial charge in [0, 0.05) is 44.4 Å². The number of hydrogen-bond acceptors (Lipinski definition) is 4. The molecule has 1 heterocycles. The molecule has 130 valence electrons. The number of anilines is 2. The third kappa shape index (κ3) is 3.28. The Morgan fingerprint density at radius 3 is 1.48 bits per heavy atom. The van der Waals surface area contributed by atoms with Crippen molar-refractivity contribution in [3.8, 4) is 0 Å². The lowest BCUT2D eigenvalue weighted by Crippen LogP contribution is -2.28. The van der Waals surface area contributed by atoms with E-state index >= 15 is 0 Å². The Hall–Kier alpha value is -2.30. The van der Waals surface area contributed by atoms with Gasteiger partial charge in [-0.2, -0.15) is 0 Å². The quantitative estimate of drug-likeness (QED) is 0.747. The first-order valence-electron chi connectivity index (χ1n) is 8.25. The molecule has 25 heavy (non-hydrogen) atoms. The molecule has 0 amide bonds. The Bertz CT molecular complexity index is 755. The van der Waals surface area contributed by atoms with Crippen LogP contribution in [0.5, 0.6) is 0 Å². The van der Waals surface area contributed by atoms with Crippen LogP contribution in [0.3, 0.4) is 0 Å². The zero-order valence-corrected chi connectivity index (χ0v) is 15.9. The van der Waals surface area contributed by atoms with Gasteiger partial charge in [-0.1, -0.05) is 30.3 Å². The topological polar surface area (TPSA) is 26.7 Å². The molecule has 3 nitrogen and oxygen atoms in total. The van der Waals surface area contributed by atoms with Crippen molar-refractivity contribution in [3.05, 3.63) is 82.0 Å². The van der Waals surface area contributed by atoms with E-state index in [9.17, 15) is 5.11 Å². The molecule has 0 atom stereocenters. The number of rotatable bonds is 5. The predicted molar refractivity (Wildman–Crippen MR) is 108 cm³/mol. The minimum atomic E-state index is -1.15. The molecule has 1 N–H and O–H groups in total. The molecule has 2 aromatic carbocycles. The number of benzene rings is 2. The average Bonchev–Trinajstić information content (AvgIpc) is 3.16. The summed E-state index contributed by atoms with van der Waals surface area (Å²) in [5.74, 6) is 0. The molecule has 3 rings (SSSR count). The molecule has 0 aliphatic rings. The third-order valence-electron chi connectivity index (χ3n) is 4.48. The zero-order valence-electron chi connectivity index (χ0n) is 15.1. The molecular weight excluding hydrogens is 328 g/mol. The molecule has 0 saturated heterocycles. The van der Waals surface area contributed by atoms with E-state index in [0.717, 1.165) is 27.4 Å². The first-order valence-corrected chi connectivity index (χ1v) is 9.13.